The van der Waals surface area contributed by atoms with Crippen LogP contribution in [-0.4, -0.2) is 37.1 Å². The fraction of sp³-hybridized carbons (Fsp3) is 1.00. The van der Waals surface area contributed by atoms with Gasteiger partial charge in [-0.15, -0.1) is 0 Å². The van der Waals surface area contributed by atoms with E-state index < -0.39 is 0 Å². The molecule has 1 heterocycles. The van der Waals surface area contributed by atoms with Crippen LogP contribution in [0.3, 0.4) is 0 Å². The number of hydrogen-bond donors (Lipinski definition) is 1. The molecule has 1 saturated heterocycles. The largest absolute Gasteiger partial charge is 0.315 e. The highest BCUT2D eigenvalue weighted by Crippen LogP contribution is 2.36. The van der Waals surface area contributed by atoms with Crippen LogP contribution >= 0.6 is 0 Å². The van der Waals surface area contributed by atoms with Gasteiger partial charge < -0.3 is 5.32 Å². The Morgan fingerprint density at radius 2 is 1.88 bits per heavy atom. The van der Waals surface area contributed by atoms with E-state index in [1.807, 2.05) is 0 Å². The maximum atomic E-state index is 3.52. The number of nitrogens with one attached hydrogen (secondary N) is 1. The first kappa shape index (κ1) is 13.4. The number of likely N-dealkylation sites (N-methyl/N-ethyl adjacent to an activating group) is 1. The predicted molar refractivity (Wildman–Crippen MR) is 74.2 cm³/mol. The van der Waals surface area contributed by atoms with E-state index in [0.717, 1.165) is 12.0 Å². The van der Waals surface area contributed by atoms with Gasteiger partial charge in [-0.25, -0.2) is 0 Å². The van der Waals surface area contributed by atoms with E-state index in [0.29, 0.717) is 11.5 Å². The zero-order chi connectivity index (χ0) is 12.5. The summed E-state index contributed by atoms with van der Waals surface area (Å²) >= 11 is 0. The molecule has 1 N–H and O–H groups in total. The fourth-order valence-corrected chi connectivity index (χ4v) is 3.76. The van der Waals surface area contributed by atoms with Gasteiger partial charge in [-0.1, -0.05) is 33.6 Å². The van der Waals surface area contributed by atoms with Gasteiger partial charge in [-0.05, 0) is 44.2 Å². The van der Waals surface area contributed by atoms with Crippen molar-refractivity contribution in [3.63, 3.8) is 0 Å². The van der Waals surface area contributed by atoms with Gasteiger partial charge in [0.2, 0.25) is 0 Å². The van der Waals surface area contributed by atoms with Crippen LogP contribution in [0, 0.1) is 11.3 Å². The molecule has 0 spiro atoms. The lowest BCUT2D eigenvalue weighted by Gasteiger charge is -2.38. The minimum Gasteiger partial charge on any atom is -0.315 e. The minimum atomic E-state index is 0.363. The topological polar surface area (TPSA) is 15.3 Å². The lowest BCUT2D eigenvalue weighted by molar-refractivity contribution is 0.135. The van der Waals surface area contributed by atoms with Crippen LogP contribution in [0.1, 0.15) is 52.9 Å². The van der Waals surface area contributed by atoms with E-state index >= 15 is 0 Å². The summed E-state index contributed by atoms with van der Waals surface area (Å²) in [5.74, 6) is 1.02. The number of fused-ring (bicyclic) bond motifs is 1. The Bertz CT molecular complexity index is 244. The third-order valence-electron chi connectivity index (χ3n) is 4.94. The van der Waals surface area contributed by atoms with E-state index in [9.17, 15) is 0 Å². The number of nitrogens with zero attached hydrogens (tertiary/aromatic N) is 1. The first-order valence-electron chi connectivity index (χ1n) is 7.43. The van der Waals surface area contributed by atoms with Crippen molar-refractivity contribution in [2.45, 2.75) is 65.0 Å². The van der Waals surface area contributed by atoms with Crippen molar-refractivity contribution in [3.05, 3.63) is 0 Å². The highest BCUT2D eigenvalue weighted by Gasteiger charge is 2.37. The van der Waals surface area contributed by atoms with Gasteiger partial charge in [0.25, 0.3) is 0 Å². The molecule has 0 amide bonds. The van der Waals surface area contributed by atoms with Gasteiger partial charge in [0, 0.05) is 18.6 Å². The Kier molecular flexibility index (Phi) is 4.14. The van der Waals surface area contributed by atoms with Crippen LogP contribution in [0.2, 0.25) is 0 Å². The second kappa shape index (κ2) is 5.27. The normalized spacial score (nSPS) is 32.5. The lowest BCUT2D eigenvalue weighted by atomic mass is 9.84. The van der Waals surface area contributed by atoms with Crippen LogP contribution in [-0.2, 0) is 0 Å². The summed E-state index contributed by atoms with van der Waals surface area (Å²) in [7, 11) is 2.12. The zero-order valence-electron chi connectivity index (χ0n) is 12.1. The molecule has 1 aliphatic carbocycles. The standard InChI is InChI=1S/C15H30N2/c1-15(2,3)14(16-4)11-17-10-9-12-7-5-6-8-13(12)17/h12-14,16H,5-11H2,1-4H3. The maximum absolute atomic E-state index is 3.52. The Labute approximate surface area is 107 Å². The fourth-order valence-electron chi connectivity index (χ4n) is 3.76. The molecule has 17 heavy (non-hydrogen) atoms. The van der Waals surface area contributed by atoms with E-state index in [1.54, 1.807) is 0 Å². The van der Waals surface area contributed by atoms with Crippen LogP contribution in [0.15, 0.2) is 0 Å². The molecule has 0 bridgehead atoms. The van der Waals surface area contributed by atoms with Crippen LogP contribution in [0.25, 0.3) is 0 Å². The zero-order valence-corrected chi connectivity index (χ0v) is 12.1. The molecule has 0 aromatic heterocycles. The molecule has 2 aliphatic rings. The first-order chi connectivity index (χ1) is 8.02. The monoisotopic (exact) mass is 238 g/mol. The molecule has 1 saturated carbocycles. The number of hydrogen-bond acceptors (Lipinski definition) is 2. The van der Waals surface area contributed by atoms with Crippen LogP contribution in [0.5, 0.6) is 0 Å². The van der Waals surface area contributed by atoms with Gasteiger partial charge >= 0.3 is 0 Å². The van der Waals surface area contributed by atoms with Crippen molar-refractivity contribution in [1.29, 1.82) is 0 Å². The Morgan fingerprint density at radius 3 is 2.53 bits per heavy atom. The molecule has 3 atom stereocenters. The summed E-state index contributed by atoms with van der Waals surface area (Å²) in [4.78, 5) is 2.77. The molecular formula is C15H30N2. The van der Waals surface area contributed by atoms with Crippen molar-refractivity contribution in [2.24, 2.45) is 11.3 Å². The van der Waals surface area contributed by atoms with Gasteiger partial charge in [-0.3, -0.25) is 4.90 Å². The van der Waals surface area contributed by atoms with Gasteiger partial charge in [0.15, 0.2) is 0 Å². The third kappa shape index (κ3) is 3.03. The van der Waals surface area contributed by atoms with Crippen molar-refractivity contribution >= 4 is 0 Å². The van der Waals surface area contributed by atoms with E-state index in [2.05, 4.69) is 38.0 Å². The minimum absolute atomic E-state index is 0.363. The van der Waals surface area contributed by atoms with Gasteiger partial charge in [0.05, 0.1) is 0 Å². The number of rotatable bonds is 3. The van der Waals surface area contributed by atoms with Crippen molar-refractivity contribution in [2.75, 3.05) is 20.1 Å². The summed E-state index contributed by atoms with van der Waals surface area (Å²) in [6.07, 6.45) is 7.32. The molecule has 0 aromatic rings. The lowest BCUT2D eigenvalue weighted by Crippen LogP contribution is -2.49. The molecule has 2 fully saturated rings. The number of likely N-dealkylation sites (tertiary alicyclic amines) is 1. The first-order valence-corrected chi connectivity index (χ1v) is 7.43. The summed E-state index contributed by atoms with van der Waals surface area (Å²) in [5.41, 5.74) is 0.363. The highest BCUT2D eigenvalue weighted by molar-refractivity contribution is 4.93. The second-order valence-corrected chi connectivity index (χ2v) is 7.10. The quantitative estimate of drug-likeness (QED) is 0.813. The molecular weight excluding hydrogens is 208 g/mol. The van der Waals surface area contributed by atoms with Crippen LogP contribution in [0.4, 0.5) is 0 Å². The molecule has 0 aromatic carbocycles. The average Bonchev–Trinajstić information content (AvgIpc) is 2.67. The predicted octanol–water partition coefficient (Wildman–Crippen LogP) is 2.89. The van der Waals surface area contributed by atoms with Gasteiger partial charge in [-0.2, -0.15) is 0 Å². The maximum Gasteiger partial charge on any atom is 0.0240 e. The Hall–Kier alpha value is -0.0800. The van der Waals surface area contributed by atoms with Crippen molar-refractivity contribution < 1.29 is 0 Å². The summed E-state index contributed by atoms with van der Waals surface area (Å²) < 4.78 is 0. The summed E-state index contributed by atoms with van der Waals surface area (Å²) in [6.45, 7) is 9.62. The molecule has 2 nitrogen and oxygen atoms in total. The molecule has 1 aliphatic heterocycles. The van der Waals surface area contributed by atoms with E-state index in [1.165, 1.54) is 45.2 Å². The molecule has 2 rings (SSSR count). The highest BCUT2D eigenvalue weighted by atomic mass is 15.2. The SMILES string of the molecule is CNC(CN1CCC2CCCCC21)C(C)(C)C. The second-order valence-electron chi connectivity index (χ2n) is 7.10. The summed E-state index contributed by atoms with van der Waals surface area (Å²) in [6, 6.07) is 1.52. The molecule has 3 unspecified atom stereocenters. The van der Waals surface area contributed by atoms with E-state index in [4.69, 9.17) is 0 Å². The average molecular weight is 238 g/mol. The smallest absolute Gasteiger partial charge is 0.0240 e. The van der Waals surface area contributed by atoms with E-state index in [-0.39, 0.29) is 0 Å². The molecule has 2 heteroatoms. The van der Waals surface area contributed by atoms with Crippen LogP contribution < -0.4 is 5.32 Å². The van der Waals surface area contributed by atoms with Gasteiger partial charge in [0.1, 0.15) is 0 Å². The Balaban J connectivity index is 1.94. The van der Waals surface area contributed by atoms with Crippen molar-refractivity contribution in [1.82, 2.24) is 10.2 Å². The molecule has 0 radical (unpaired) electrons. The third-order valence-corrected chi connectivity index (χ3v) is 4.94. The Morgan fingerprint density at radius 1 is 1.18 bits per heavy atom. The molecule has 100 valence electrons. The van der Waals surface area contributed by atoms with Crippen molar-refractivity contribution in [3.8, 4) is 0 Å². The summed E-state index contributed by atoms with van der Waals surface area (Å²) in [5, 5.41) is 3.52.